The molecular weight excluding hydrogens is 430 g/mol. The van der Waals surface area contributed by atoms with Crippen molar-refractivity contribution in [1.29, 1.82) is 0 Å². The van der Waals surface area contributed by atoms with Crippen LogP contribution >= 0.6 is 11.3 Å². The molecule has 8 heteroatoms. The van der Waals surface area contributed by atoms with Gasteiger partial charge in [-0.2, -0.15) is 0 Å². The Morgan fingerprint density at radius 2 is 1.87 bits per heavy atom. The molecule has 0 saturated carbocycles. The van der Waals surface area contributed by atoms with Crippen molar-refractivity contribution in [2.45, 2.75) is 13.8 Å². The monoisotopic (exact) mass is 451 g/mol. The molecule has 0 aliphatic rings. The van der Waals surface area contributed by atoms with Crippen LogP contribution < -0.4 is 10.0 Å². The number of amides is 1. The molecule has 0 aliphatic heterocycles. The normalized spacial score (nSPS) is 11.4. The molecule has 6 nitrogen and oxygen atoms in total. The number of hydrogen-bond donors (Lipinski definition) is 2. The van der Waals surface area contributed by atoms with Crippen LogP contribution in [0.1, 0.15) is 22.8 Å². The summed E-state index contributed by atoms with van der Waals surface area (Å²) in [5.74, 6) is -0.259. The smallest absolute Gasteiger partial charge is 0.256 e. The van der Waals surface area contributed by atoms with E-state index in [1.165, 1.54) is 0 Å². The van der Waals surface area contributed by atoms with Crippen molar-refractivity contribution in [3.63, 3.8) is 0 Å². The van der Waals surface area contributed by atoms with Crippen LogP contribution in [0.25, 0.3) is 21.5 Å². The lowest BCUT2D eigenvalue weighted by Crippen LogP contribution is -2.16. The summed E-state index contributed by atoms with van der Waals surface area (Å²) in [5, 5.41) is 5.67. The highest BCUT2D eigenvalue weighted by atomic mass is 32.2. The molecule has 0 aliphatic carbocycles. The standard InChI is InChI=1S/C23H21N3O3S2/c1-3-31(28,29)26-19-11-10-16(13-15(19)2)24-23(27)18-14-21(22-9-6-12-30-22)25-20-8-5-4-7-17(18)20/h4-14,26H,3H2,1-2H3,(H,24,27). The number of sulfonamides is 1. The highest BCUT2D eigenvalue weighted by molar-refractivity contribution is 7.92. The minimum Gasteiger partial charge on any atom is -0.322 e. The Kier molecular flexibility index (Phi) is 5.75. The quantitative estimate of drug-likeness (QED) is 0.417. The average Bonchev–Trinajstić information content (AvgIpc) is 3.30. The first-order chi connectivity index (χ1) is 14.9. The zero-order chi connectivity index (χ0) is 22.0. The summed E-state index contributed by atoms with van der Waals surface area (Å²) in [5.41, 5.74) is 3.82. The Labute approximate surface area is 185 Å². The second kappa shape index (κ2) is 8.49. The summed E-state index contributed by atoms with van der Waals surface area (Å²) < 4.78 is 26.2. The zero-order valence-corrected chi connectivity index (χ0v) is 18.7. The van der Waals surface area contributed by atoms with E-state index in [4.69, 9.17) is 4.98 Å². The van der Waals surface area contributed by atoms with E-state index in [0.29, 0.717) is 22.5 Å². The zero-order valence-electron chi connectivity index (χ0n) is 17.0. The molecule has 158 valence electrons. The van der Waals surface area contributed by atoms with Crippen molar-refractivity contribution in [2.24, 2.45) is 0 Å². The van der Waals surface area contributed by atoms with E-state index in [1.807, 2.05) is 41.8 Å². The minimum absolute atomic E-state index is 0.00732. The molecule has 0 fully saturated rings. The van der Waals surface area contributed by atoms with Gasteiger partial charge in [-0.05, 0) is 61.2 Å². The highest BCUT2D eigenvalue weighted by Crippen LogP contribution is 2.29. The van der Waals surface area contributed by atoms with Gasteiger partial charge in [0.1, 0.15) is 0 Å². The maximum atomic E-state index is 13.2. The van der Waals surface area contributed by atoms with Gasteiger partial charge in [0.25, 0.3) is 5.91 Å². The number of nitrogens with zero attached hydrogens (tertiary/aromatic N) is 1. The summed E-state index contributed by atoms with van der Waals surface area (Å²) in [4.78, 5) is 18.9. The lowest BCUT2D eigenvalue weighted by molar-refractivity contribution is 0.102. The lowest BCUT2D eigenvalue weighted by Gasteiger charge is -2.13. The largest absolute Gasteiger partial charge is 0.322 e. The van der Waals surface area contributed by atoms with Crippen molar-refractivity contribution in [1.82, 2.24) is 4.98 Å². The Morgan fingerprint density at radius 1 is 1.06 bits per heavy atom. The van der Waals surface area contributed by atoms with E-state index >= 15 is 0 Å². The summed E-state index contributed by atoms with van der Waals surface area (Å²) in [6.07, 6.45) is 0. The minimum atomic E-state index is -3.37. The predicted molar refractivity (Wildman–Crippen MR) is 127 cm³/mol. The average molecular weight is 452 g/mol. The fourth-order valence-electron chi connectivity index (χ4n) is 3.21. The Morgan fingerprint density at radius 3 is 2.58 bits per heavy atom. The molecular formula is C23H21N3O3S2. The first-order valence-electron chi connectivity index (χ1n) is 9.72. The van der Waals surface area contributed by atoms with Crippen LogP contribution in [0.4, 0.5) is 11.4 Å². The number of pyridine rings is 1. The lowest BCUT2D eigenvalue weighted by atomic mass is 10.1. The number of anilines is 2. The Balaban J connectivity index is 1.67. The van der Waals surface area contributed by atoms with Crippen LogP contribution in [-0.2, 0) is 10.0 Å². The molecule has 0 atom stereocenters. The van der Waals surface area contributed by atoms with Gasteiger partial charge in [-0.25, -0.2) is 13.4 Å². The van der Waals surface area contributed by atoms with Gasteiger partial charge in [0, 0.05) is 11.1 Å². The number of nitrogens with one attached hydrogen (secondary N) is 2. The molecule has 1 amide bonds. The van der Waals surface area contributed by atoms with Gasteiger partial charge < -0.3 is 5.32 Å². The number of hydrogen-bond acceptors (Lipinski definition) is 5. The second-order valence-corrected chi connectivity index (χ2v) is 10.00. The van der Waals surface area contributed by atoms with Crippen molar-refractivity contribution < 1.29 is 13.2 Å². The molecule has 0 saturated heterocycles. The van der Waals surface area contributed by atoms with Crippen LogP contribution in [-0.4, -0.2) is 25.1 Å². The number of aromatic nitrogens is 1. The van der Waals surface area contributed by atoms with E-state index in [-0.39, 0.29) is 11.7 Å². The van der Waals surface area contributed by atoms with Crippen molar-refractivity contribution in [2.75, 3.05) is 15.8 Å². The molecule has 2 aromatic carbocycles. The molecule has 0 radical (unpaired) electrons. The van der Waals surface area contributed by atoms with E-state index in [2.05, 4.69) is 10.0 Å². The van der Waals surface area contributed by atoms with E-state index in [9.17, 15) is 13.2 Å². The van der Waals surface area contributed by atoms with Gasteiger partial charge in [-0.15, -0.1) is 11.3 Å². The van der Waals surface area contributed by atoms with Crippen molar-refractivity contribution in [3.8, 4) is 10.6 Å². The molecule has 2 heterocycles. The second-order valence-electron chi connectivity index (χ2n) is 7.04. The number of carbonyl (C=O) groups is 1. The molecule has 31 heavy (non-hydrogen) atoms. The van der Waals surface area contributed by atoms with Crippen LogP contribution in [0.3, 0.4) is 0 Å². The SMILES string of the molecule is CCS(=O)(=O)Nc1ccc(NC(=O)c2cc(-c3cccs3)nc3ccccc23)cc1C. The van der Waals surface area contributed by atoms with E-state index < -0.39 is 10.0 Å². The molecule has 2 N–H and O–H groups in total. The fourth-order valence-corrected chi connectivity index (χ4v) is 4.60. The molecule has 2 aromatic heterocycles. The van der Waals surface area contributed by atoms with Gasteiger partial charge in [0.2, 0.25) is 10.0 Å². The summed E-state index contributed by atoms with van der Waals surface area (Å²) in [6, 6.07) is 18.4. The molecule has 0 spiro atoms. The Bertz CT molecular complexity index is 1360. The third kappa shape index (κ3) is 4.60. The Hall–Kier alpha value is -3.23. The molecule has 4 aromatic rings. The highest BCUT2D eigenvalue weighted by Gasteiger charge is 2.15. The third-order valence-corrected chi connectivity index (χ3v) is 7.05. The maximum absolute atomic E-state index is 13.2. The van der Waals surface area contributed by atoms with Gasteiger partial charge in [-0.3, -0.25) is 9.52 Å². The number of carbonyl (C=O) groups excluding carboxylic acids is 1. The molecule has 0 bridgehead atoms. The molecule has 4 rings (SSSR count). The predicted octanol–water partition coefficient (Wildman–Crippen LogP) is 5.29. The summed E-state index contributed by atoms with van der Waals surface area (Å²) >= 11 is 1.57. The number of fused-ring (bicyclic) bond motifs is 1. The number of para-hydroxylation sites is 1. The number of rotatable bonds is 6. The number of benzene rings is 2. The van der Waals surface area contributed by atoms with Crippen molar-refractivity contribution in [3.05, 3.63) is 77.2 Å². The summed E-state index contributed by atoms with van der Waals surface area (Å²) in [7, 11) is -3.37. The fraction of sp³-hybridized carbons (Fsp3) is 0.130. The van der Waals surface area contributed by atoms with Crippen LogP contribution in [0.5, 0.6) is 0 Å². The van der Waals surface area contributed by atoms with Gasteiger partial charge >= 0.3 is 0 Å². The summed E-state index contributed by atoms with van der Waals surface area (Å²) in [6.45, 7) is 3.37. The van der Waals surface area contributed by atoms with E-state index in [0.717, 1.165) is 21.5 Å². The van der Waals surface area contributed by atoms with Gasteiger partial charge in [0.05, 0.1) is 33.1 Å². The van der Waals surface area contributed by atoms with Gasteiger partial charge in [-0.1, -0.05) is 24.3 Å². The first kappa shape index (κ1) is 21.0. The maximum Gasteiger partial charge on any atom is 0.256 e. The number of thiophene rings is 1. The van der Waals surface area contributed by atoms with Crippen molar-refractivity contribution >= 4 is 49.5 Å². The van der Waals surface area contributed by atoms with Crippen LogP contribution in [0, 0.1) is 6.92 Å². The van der Waals surface area contributed by atoms with Crippen LogP contribution in [0.2, 0.25) is 0 Å². The number of aryl methyl sites for hydroxylation is 1. The first-order valence-corrected chi connectivity index (χ1v) is 12.3. The van der Waals surface area contributed by atoms with Gasteiger partial charge in [0.15, 0.2) is 0 Å². The topological polar surface area (TPSA) is 88.2 Å². The molecule has 0 unspecified atom stereocenters. The van der Waals surface area contributed by atoms with E-state index in [1.54, 1.807) is 49.4 Å². The third-order valence-electron chi connectivity index (χ3n) is 4.86. The van der Waals surface area contributed by atoms with Crippen LogP contribution in [0.15, 0.2) is 66.0 Å².